The predicted octanol–water partition coefficient (Wildman–Crippen LogP) is 4.03. The average molecular weight is 438 g/mol. The van der Waals surface area contributed by atoms with E-state index in [-0.39, 0.29) is 18.7 Å². The fourth-order valence-corrected chi connectivity index (χ4v) is 4.51. The number of benzene rings is 1. The first-order chi connectivity index (χ1) is 15.3. The molecule has 2 aromatic rings. The molecule has 0 spiro atoms. The molecular formula is C24H31N5O3. The smallest absolute Gasteiger partial charge is 0.410 e. The molecule has 1 aromatic carbocycles. The van der Waals surface area contributed by atoms with Crippen molar-refractivity contribution < 1.29 is 14.6 Å². The van der Waals surface area contributed by atoms with Gasteiger partial charge in [0.2, 0.25) is 0 Å². The first-order valence-electron chi connectivity index (χ1n) is 11.4. The van der Waals surface area contributed by atoms with Crippen LogP contribution in [0.1, 0.15) is 62.7 Å². The molecule has 0 radical (unpaired) electrons. The van der Waals surface area contributed by atoms with Crippen LogP contribution in [0, 0.1) is 5.92 Å². The molecule has 8 nitrogen and oxygen atoms in total. The topological polar surface area (TPSA) is 92.0 Å². The molecule has 2 aliphatic heterocycles. The van der Waals surface area contributed by atoms with Crippen LogP contribution in [-0.4, -0.2) is 57.4 Å². The molecular weight excluding hydrogens is 406 g/mol. The summed E-state index contributed by atoms with van der Waals surface area (Å²) in [6, 6.07) is 6.64. The van der Waals surface area contributed by atoms with Gasteiger partial charge in [0.1, 0.15) is 5.60 Å². The van der Waals surface area contributed by atoms with Gasteiger partial charge in [0.25, 0.3) is 0 Å². The summed E-state index contributed by atoms with van der Waals surface area (Å²) < 4.78 is 7.47. The number of fused-ring (bicyclic) bond motifs is 1. The summed E-state index contributed by atoms with van der Waals surface area (Å²) in [5, 5.41) is 17.4. The Hall–Kier alpha value is -2.87. The maximum atomic E-state index is 12.2. The second-order valence-electron chi connectivity index (χ2n) is 10.2. The van der Waals surface area contributed by atoms with Crippen molar-refractivity contribution in [1.82, 2.24) is 14.7 Å². The number of aliphatic hydroxyl groups excluding tert-OH is 1. The van der Waals surface area contributed by atoms with Gasteiger partial charge in [-0.15, -0.1) is 0 Å². The number of nitrogens with zero attached hydrogens (tertiary/aromatic N) is 4. The minimum Gasteiger partial charge on any atom is -0.444 e. The summed E-state index contributed by atoms with van der Waals surface area (Å²) >= 11 is 0. The fourth-order valence-electron chi connectivity index (χ4n) is 4.51. The van der Waals surface area contributed by atoms with Gasteiger partial charge in [0.05, 0.1) is 29.7 Å². The molecule has 1 aromatic heterocycles. The molecule has 1 atom stereocenters. The number of rotatable bonds is 4. The van der Waals surface area contributed by atoms with Crippen molar-refractivity contribution >= 4 is 23.7 Å². The third kappa shape index (κ3) is 4.11. The SMILES string of the molecule is CC(C)(C)OC(=O)N1CC(c2ccc3c(c2)NC(c2cnn(C4CC(CO)C4)c2)C=N3)C1. The van der Waals surface area contributed by atoms with Gasteiger partial charge in [-0.3, -0.25) is 9.67 Å². The van der Waals surface area contributed by atoms with E-state index in [2.05, 4.69) is 33.7 Å². The Labute approximate surface area is 188 Å². The van der Waals surface area contributed by atoms with E-state index < -0.39 is 5.60 Å². The number of aliphatic hydroxyl groups is 1. The Morgan fingerprint density at radius 2 is 2.03 bits per heavy atom. The molecule has 0 bridgehead atoms. The van der Waals surface area contributed by atoms with Crippen LogP contribution in [0.3, 0.4) is 0 Å². The molecule has 1 aliphatic carbocycles. The lowest BCUT2D eigenvalue weighted by Gasteiger charge is -2.40. The minimum atomic E-state index is -0.474. The summed E-state index contributed by atoms with van der Waals surface area (Å²) in [5.41, 5.74) is 3.73. The molecule has 2 N–H and O–H groups in total. The lowest BCUT2D eigenvalue weighted by Crippen LogP contribution is -2.50. The second kappa shape index (κ2) is 7.92. The number of aromatic nitrogens is 2. The van der Waals surface area contributed by atoms with Gasteiger partial charge in [0, 0.05) is 43.6 Å². The molecule has 8 heteroatoms. The fraction of sp³-hybridized carbons (Fsp3) is 0.542. The average Bonchev–Trinajstić information content (AvgIpc) is 3.13. The standard InChI is InChI=1S/C24H31N5O3/c1-24(2,3)32-23(31)28-11-18(12-28)16-4-5-20-21(8-16)27-22(10-25-20)17-9-26-29(13-17)19-6-15(7-19)14-30/h4-5,8-10,13,15,18-19,22,27,30H,6-7,11-12,14H2,1-3H3. The number of carbonyl (C=O) groups excluding carboxylic acids is 1. The van der Waals surface area contributed by atoms with Crippen LogP contribution in [-0.2, 0) is 4.74 Å². The van der Waals surface area contributed by atoms with Crippen molar-refractivity contribution in [3.05, 3.63) is 41.7 Å². The summed E-state index contributed by atoms with van der Waals surface area (Å²) in [6.07, 6.45) is 7.63. The first-order valence-corrected chi connectivity index (χ1v) is 11.4. The second-order valence-corrected chi connectivity index (χ2v) is 10.2. The number of likely N-dealkylation sites (tertiary alicyclic amines) is 1. The summed E-state index contributed by atoms with van der Waals surface area (Å²) in [5.74, 6) is 0.713. The number of amides is 1. The van der Waals surface area contributed by atoms with Crippen LogP contribution in [0.25, 0.3) is 0 Å². The highest BCUT2D eigenvalue weighted by Crippen LogP contribution is 2.39. The highest BCUT2D eigenvalue weighted by molar-refractivity contribution is 5.84. The van der Waals surface area contributed by atoms with Crippen molar-refractivity contribution in [1.29, 1.82) is 0 Å². The van der Waals surface area contributed by atoms with E-state index in [9.17, 15) is 9.90 Å². The van der Waals surface area contributed by atoms with E-state index in [1.807, 2.05) is 43.9 Å². The summed E-state index contributed by atoms with van der Waals surface area (Å²) in [4.78, 5) is 18.6. The number of aliphatic imine (C=N–C) groups is 1. The number of hydrogen-bond donors (Lipinski definition) is 2. The number of ether oxygens (including phenoxy) is 1. The molecule has 1 saturated heterocycles. The van der Waals surface area contributed by atoms with Crippen LogP contribution in [0.5, 0.6) is 0 Å². The third-order valence-electron chi connectivity index (χ3n) is 6.52. The van der Waals surface area contributed by atoms with E-state index >= 15 is 0 Å². The maximum Gasteiger partial charge on any atom is 0.410 e. The third-order valence-corrected chi connectivity index (χ3v) is 6.52. The molecule has 32 heavy (non-hydrogen) atoms. The van der Waals surface area contributed by atoms with Gasteiger partial charge < -0.3 is 20.1 Å². The highest BCUT2D eigenvalue weighted by atomic mass is 16.6. The molecule has 1 amide bonds. The van der Waals surface area contributed by atoms with Gasteiger partial charge in [0.15, 0.2) is 0 Å². The number of anilines is 1. The van der Waals surface area contributed by atoms with Gasteiger partial charge in [-0.25, -0.2) is 4.79 Å². The van der Waals surface area contributed by atoms with Crippen molar-refractivity contribution in [2.75, 3.05) is 25.0 Å². The minimum absolute atomic E-state index is 0.0279. The Kier molecular flexibility index (Phi) is 5.20. The summed E-state index contributed by atoms with van der Waals surface area (Å²) in [7, 11) is 0. The van der Waals surface area contributed by atoms with Gasteiger partial charge in [-0.05, 0) is 57.2 Å². The van der Waals surface area contributed by atoms with Gasteiger partial charge in [-0.2, -0.15) is 5.10 Å². The zero-order valence-electron chi connectivity index (χ0n) is 18.9. The van der Waals surface area contributed by atoms with Crippen molar-refractivity contribution in [3.63, 3.8) is 0 Å². The Morgan fingerprint density at radius 3 is 2.75 bits per heavy atom. The maximum absolute atomic E-state index is 12.2. The molecule has 1 unspecified atom stereocenters. The lowest BCUT2D eigenvalue weighted by atomic mass is 9.81. The monoisotopic (exact) mass is 437 g/mol. The number of nitrogens with one attached hydrogen (secondary N) is 1. The largest absolute Gasteiger partial charge is 0.444 e. The summed E-state index contributed by atoms with van der Waals surface area (Å²) in [6.45, 7) is 7.26. The predicted molar refractivity (Wildman–Crippen MR) is 123 cm³/mol. The van der Waals surface area contributed by atoms with Gasteiger partial charge in [-0.1, -0.05) is 6.07 Å². The normalized spacial score (nSPS) is 24.9. The zero-order chi connectivity index (χ0) is 22.5. The molecule has 170 valence electrons. The van der Waals surface area contributed by atoms with Crippen LogP contribution in [0.15, 0.2) is 35.6 Å². The highest BCUT2D eigenvalue weighted by Gasteiger charge is 2.35. The van der Waals surface area contributed by atoms with Gasteiger partial charge >= 0.3 is 6.09 Å². The van der Waals surface area contributed by atoms with Crippen LogP contribution in [0.4, 0.5) is 16.2 Å². The zero-order valence-corrected chi connectivity index (χ0v) is 18.9. The Bertz CT molecular complexity index is 1030. The van der Waals surface area contributed by atoms with E-state index in [0.29, 0.717) is 31.0 Å². The van der Waals surface area contributed by atoms with Crippen LogP contribution < -0.4 is 5.32 Å². The first kappa shape index (κ1) is 21.0. The molecule has 3 heterocycles. The number of hydrogen-bond acceptors (Lipinski definition) is 6. The van der Waals surface area contributed by atoms with Crippen LogP contribution >= 0.6 is 0 Å². The van der Waals surface area contributed by atoms with E-state index in [0.717, 1.165) is 29.8 Å². The Morgan fingerprint density at radius 1 is 1.25 bits per heavy atom. The van der Waals surface area contributed by atoms with Crippen molar-refractivity contribution in [2.45, 2.75) is 57.2 Å². The Balaban J connectivity index is 1.22. The molecule has 3 aliphatic rings. The lowest BCUT2D eigenvalue weighted by molar-refractivity contribution is 0.00820. The van der Waals surface area contributed by atoms with Crippen molar-refractivity contribution in [2.24, 2.45) is 10.9 Å². The quantitative estimate of drug-likeness (QED) is 0.753. The molecule has 1 saturated carbocycles. The van der Waals surface area contributed by atoms with E-state index in [1.165, 1.54) is 5.56 Å². The van der Waals surface area contributed by atoms with Crippen molar-refractivity contribution in [3.8, 4) is 0 Å². The van der Waals surface area contributed by atoms with E-state index in [4.69, 9.17) is 4.74 Å². The number of carbonyl (C=O) groups is 1. The molecule has 2 fully saturated rings. The van der Waals surface area contributed by atoms with E-state index in [1.54, 1.807) is 4.90 Å². The molecule has 5 rings (SSSR count). The van der Waals surface area contributed by atoms with Crippen LogP contribution in [0.2, 0.25) is 0 Å².